The molecule has 3 unspecified atom stereocenters. The van der Waals surface area contributed by atoms with Crippen molar-refractivity contribution in [2.45, 2.75) is 146 Å². The summed E-state index contributed by atoms with van der Waals surface area (Å²) >= 11 is 2.24. The number of rotatable bonds is 7. The van der Waals surface area contributed by atoms with E-state index in [1.165, 1.54) is 80.0 Å². The molecule has 2 aliphatic carbocycles. The molecule has 0 aromatic heterocycles. The van der Waals surface area contributed by atoms with Gasteiger partial charge in [0, 0.05) is 45.2 Å². The lowest BCUT2D eigenvalue weighted by Crippen LogP contribution is -2.51. The lowest BCUT2D eigenvalue weighted by Gasteiger charge is -2.51. The summed E-state index contributed by atoms with van der Waals surface area (Å²) < 4.78 is 0. The summed E-state index contributed by atoms with van der Waals surface area (Å²) in [5.41, 5.74) is 19.4. The molecule has 4 heteroatoms. The number of fused-ring (bicyclic) bond motifs is 3. The van der Waals surface area contributed by atoms with Crippen molar-refractivity contribution < 1.29 is 0 Å². The Bertz CT molecular complexity index is 2670. The standard InChI is InChI=1S/C61H75BN2S/c1-39-36-50-53-51(37-39)64(49-33-29-45(58(7,8)9)38-47(49)42-22-18-16-19-23-42)48(32-26-40(2)61(14,15)44-24-20-17-21-25-44)41(3)62(53)56-54(52-55(65-56)60(12,13)35-34-59(52,10)11)63(50)46-30-27-43(28-31-46)57(4,5)6/h16-20,22-24,26-33,36-38,40,52,55H,21,25,34-35H2,1-15H3/b32-26-. The van der Waals surface area contributed by atoms with Crippen molar-refractivity contribution in [3.8, 4) is 11.1 Å². The van der Waals surface area contributed by atoms with Gasteiger partial charge in [-0.3, -0.25) is 0 Å². The Labute approximate surface area is 398 Å². The van der Waals surface area contributed by atoms with Crippen molar-refractivity contribution in [2.75, 3.05) is 9.80 Å². The Kier molecular flexibility index (Phi) is 11.4. The van der Waals surface area contributed by atoms with Crippen molar-refractivity contribution in [3.63, 3.8) is 0 Å². The minimum Gasteiger partial charge on any atom is -0.314 e. The van der Waals surface area contributed by atoms with E-state index in [4.69, 9.17) is 0 Å². The van der Waals surface area contributed by atoms with Gasteiger partial charge in [0.25, 0.3) is 6.71 Å². The van der Waals surface area contributed by atoms with E-state index in [0.29, 0.717) is 17.1 Å². The largest absolute Gasteiger partial charge is 0.314 e. The molecular formula is C61H75BN2S. The van der Waals surface area contributed by atoms with Gasteiger partial charge in [-0.1, -0.05) is 174 Å². The maximum absolute atomic E-state index is 2.76. The maximum Gasteiger partial charge on any atom is 0.254 e. The minimum absolute atomic E-state index is 0.00000578. The second kappa shape index (κ2) is 16.1. The van der Waals surface area contributed by atoms with Crippen LogP contribution in [0.3, 0.4) is 0 Å². The van der Waals surface area contributed by atoms with Crippen LogP contribution in [0.1, 0.15) is 139 Å². The molecule has 0 amide bonds. The van der Waals surface area contributed by atoms with Crippen LogP contribution in [0.2, 0.25) is 0 Å². The number of hydrogen-bond acceptors (Lipinski definition) is 3. The summed E-state index contributed by atoms with van der Waals surface area (Å²) in [6.07, 6.45) is 16.8. The first-order valence-electron chi connectivity index (χ1n) is 24.7. The molecule has 0 spiro atoms. The number of hydrogen-bond donors (Lipinski definition) is 0. The molecule has 0 radical (unpaired) electrons. The summed E-state index contributed by atoms with van der Waals surface area (Å²) in [6, 6.07) is 33.1. The van der Waals surface area contributed by atoms with Crippen LogP contribution in [0, 0.1) is 35.0 Å². The summed E-state index contributed by atoms with van der Waals surface area (Å²) in [5.74, 6) is 0.746. The number of aryl methyl sites for hydroxylation is 1. The van der Waals surface area contributed by atoms with Gasteiger partial charge in [0.15, 0.2) is 0 Å². The third kappa shape index (κ3) is 7.86. The molecule has 2 nitrogen and oxygen atoms in total. The number of thioether (sulfide) groups is 1. The highest BCUT2D eigenvalue weighted by Crippen LogP contribution is 2.66. The van der Waals surface area contributed by atoms with E-state index in [1.807, 2.05) is 0 Å². The Hall–Kier alpha value is -4.41. The first-order chi connectivity index (χ1) is 30.5. The highest BCUT2D eigenvalue weighted by molar-refractivity contribution is 8.06. The first kappa shape index (κ1) is 45.7. The lowest BCUT2D eigenvalue weighted by molar-refractivity contribution is 0.0881. The second-order valence-electron chi connectivity index (χ2n) is 24.3. The number of nitrogens with zero attached hydrogens (tertiary/aromatic N) is 2. The normalized spacial score (nSPS) is 22.0. The van der Waals surface area contributed by atoms with Gasteiger partial charge in [-0.05, 0) is 148 Å². The van der Waals surface area contributed by atoms with Gasteiger partial charge < -0.3 is 9.80 Å². The molecule has 0 N–H and O–H groups in total. The SMILES string of the molecule is CC1=C(/C=C\C(C)C(C)(C)C2=CC=CCC2)N(c2ccc(C(C)(C)C)cc2-c2ccccc2)c2cc(C)cc3c2B1C1=C(C2C(S1)C(C)(C)CCC2(C)C)N3c1ccc(C(C)(C)C)cc1. The van der Waals surface area contributed by atoms with Crippen LogP contribution in [0.4, 0.5) is 22.7 Å². The van der Waals surface area contributed by atoms with Crippen molar-refractivity contribution >= 4 is 46.7 Å². The molecule has 9 rings (SSSR count). The predicted octanol–water partition coefficient (Wildman–Crippen LogP) is 16.9. The maximum atomic E-state index is 2.76. The molecule has 3 atom stereocenters. The highest BCUT2D eigenvalue weighted by Gasteiger charge is 2.59. The topological polar surface area (TPSA) is 6.48 Å². The van der Waals surface area contributed by atoms with Crippen molar-refractivity contribution in [1.29, 1.82) is 0 Å². The van der Waals surface area contributed by atoms with Gasteiger partial charge in [0.05, 0.1) is 5.69 Å². The smallest absolute Gasteiger partial charge is 0.254 e. The van der Waals surface area contributed by atoms with Crippen LogP contribution in [-0.4, -0.2) is 12.0 Å². The zero-order chi connectivity index (χ0) is 46.6. The minimum atomic E-state index is -0.00000578. The molecule has 1 saturated carbocycles. The summed E-state index contributed by atoms with van der Waals surface area (Å²) in [6.45, 7) is 36.6. The fourth-order valence-corrected chi connectivity index (χ4v) is 13.8. The van der Waals surface area contributed by atoms with Crippen LogP contribution in [-0.2, 0) is 10.8 Å². The van der Waals surface area contributed by atoms with E-state index < -0.39 is 0 Å². The third-order valence-electron chi connectivity index (χ3n) is 16.5. The fraction of sp³-hybridized carbons (Fsp3) is 0.443. The zero-order valence-corrected chi connectivity index (χ0v) is 43.2. The van der Waals surface area contributed by atoms with Gasteiger partial charge in [0.1, 0.15) is 0 Å². The first-order valence-corrected chi connectivity index (χ1v) is 25.6. The highest BCUT2D eigenvalue weighted by atomic mass is 32.2. The lowest BCUT2D eigenvalue weighted by atomic mass is 9.36. The van der Waals surface area contributed by atoms with Crippen LogP contribution < -0.4 is 15.3 Å². The fourth-order valence-electron chi connectivity index (χ4n) is 11.7. The van der Waals surface area contributed by atoms with E-state index in [9.17, 15) is 0 Å². The molecule has 1 fully saturated rings. The van der Waals surface area contributed by atoms with Gasteiger partial charge in [-0.25, -0.2) is 0 Å². The van der Waals surface area contributed by atoms with Crippen LogP contribution >= 0.6 is 11.8 Å². The quantitative estimate of drug-likeness (QED) is 0.171. The van der Waals surface area contributed by atoms with E-state index in [1.54, 1.807) is 16.1 Å². The van der Waals surface area contributed by atoms with E-state index in [-0.39, 0.29) is 33.8 Å². The Morgan fingerprint density at radius 1 is 0.738 bits per heavy atom. The zero-order valence-electron chi connectivity index (χ0n) is 42.4. The number of benzene rings is 4. The molecule has 65 heavy (non-hydrogen) atoms. The average Bonchev–Trinajstić information content (AvgIpc) is 3.68. The summed E-state index contributed by atoms with van der Waals surface area (Å²) in [7, 11) is 0. The molecule has 3 aliphatic heterocycles. The van der Waals surface area contributed by atoms with Gasteiger partial charge in [-0.15, -0.1) is 11.8 Å². The summed E-state index contributed by atoms with van der Waals surface area (Å²) in [4.78, 5) is 7.01. The molecule has 4 aromatic carbocycles. The number of allylic oxidation sites excluding steroid dienone is 8. The Morgan fingerprint density at radius 3 is 2.00 bits per heavy atom. The molecule has 0 bridgehead atoms. The summed E-state index contributed by atoms with van der Waals surface area (Å²) in [5, 5.41) is 0.490. The van der Waals surface area contributed by atoms with Gasteiger partial charge >= 0.3 is 0 Å². The third-order valence-corrected chi connectivity index (χ3v) is 18.3. The van der Waals surface area contributed by atoms with Crippen molar-refractivity contribution in [1.82, 2.24) is 0 Å². The molecule has 338 valence electrons. The molecule has 3 heterocycles. The van der Waals surface area contributed by atoms with Crippen LogP contribution in [0.15, 0.2) is 143 Å². The van der Waals surface area contributed by atoms with Gasteiger partial charge in [-0.2, -0.15) is 0 Å². The molecule has 5 aliphatic rings. The molecule has 4 aromatic rings. The Balaban J connectivity index is 1.35. The van der Waals surface area contributed by atoms with Gasteiger partial charge in [0.2, 0.25) is 0 Å². The molecule has 0 saturated heterocycles. The van der Waals surface area contributed by atoms with E-state index >= 15 is 0 Å². The van der Waals surface area contributed by atoms with Crippen LogP contribution in [0.5, 0.6) is 0 Å². The number of anilines is 4. The van der Waals surface area contributed by atoms with E-state index in [2.05, 4.69) is 241 Å². The monoisotopic (exact) mass is 879 g/mol. The second-order valence-corrected chi connectivity index (χ2v) is 25.5. The average molecular weight is 879 g/mol. The molecular weight excluding hydrogens is 804 g/mol. The van der Waals surface area contributed by atoms with E-state index in [0.717, 1.165) is 12.8 Å². The van der Waals surface area contributed by atoms with Crippen molar-refractivity contribution in [2.24, 2.45) is 28.1 Å². The van der Waals surface area contributed by atoms with Crippen LogP contribution in [0.25, 0.3) is 11.1 Å². The Morgan fingerprint density at radius 2 is 1.37 bits per heavy atom. The predicted molar refractivity (Wildman–Crippen MR) is 286 cm³/mol. The van der Waals surface area contributed by atoms with Crippen molar-refractivity contribution in [3.05, 3.63) is 159 Å².